The number of aromatic nitrogens is 2. The molecular formula is C16H18ClIN2S. The molecule has 21 heavy (non-hydrogen) atoms. The van der Waals surface area contributed by atoms with Gasteiger partial charge in [-0.05, 0) is 41.6 Å². The van der Waals surface area contributed by atoms with Crippen LogP contribution in [0.15, 0.2) is 29.2 Å². The summed E-state index contributed by atoms with van der Waals surface area (Å²) in [6.45, 7) is 8.53. The molecule has 2 aromatic rings. The summed E-state index contributed by atoms with van der Waals surface area (Å²) in [4.78, 5) is 10.4. The third-order valence-corrected chi connectivity index (χ3v) is 5.53. The fourth-order valence-electron chi connectivity index (χ4n) is 1.88. The van der Waals surface area contributed by atoms with Gasteiger partial charge in [0.1, 0.15) is 11.0 Å². The first-order chi connectivity index (χ1) is 9.77. The Labute approximate surface area is 149 Å². The van der Waals surface area contributed by atoms with Crippen molar-refractivity contribution in [3.63, 3.8) is 0 Å². The van der Waals surface area contributed by atoms with Crippen LogP contribution < -0.4 is 0 Å². The van der Waals surface area contributed by atoms with Gasteiger partial charge in [-0.1, -0.05) is 50.1 Å². The summed E-state index contributed by atoms with van der Waals surface area (Å²) in [6.07, 6.45) is 0. The molecule has 0 bridgehead atoms. The second-order valence-electron chi connectivity index (χ2n) is 5.95. The normalized spacial score (nSPS) is 11.7. The number of hydrogen-bond acceptors (Lipinski definition) is 3. The molecule has 5 heteroatoms. The van der Waals surface area contributed by atoms with Crippen LogP contribution in [-0.2, 0) is 11.2 Å². The van der Waals surface area contributed by atoms with Gasteiger partial charge < -0.3 is 0 Å². The van der Waals surface area contributed by atoms with Crippen molar-refractivity contribution in [3.8, 4) is 0 Å². The Morgan fingerprint density at radius 2 is 1.95 bits per heavy atom. The van der Waals surface area contributed by atoms with Gasteiger partial charge in [0, 0.05) is 10.3 Å². The molecule has 0 spiro atoms. The molecule has 1 aromatic heterocycles. The zero-order valence-electron chi connectivity index (χ0n) is 12.6. The highest BCUT2D eigenvalue weighted by Gasteiger charge is 2.22. The van der Waals surface area contributed by atoms with E-state index >= 15 is 0 Å². The maximum absolute atomic E-state index is 6.26. The van der Waals surface area contributed by atoms with Crippen molar-refractivity contribution in [2.24, 2.45) is 0 Å². The average Bonchev–Trinajstić information content (AvgIpc) is 2.38. The topological polar surface area (TPSA) is 25.8 Å². The molecule has 2 nitrogen and oxygen atoms in total. The lowest BCUT2D eigenvalue weighted by Gasteiger charge is -2.20. The van der Waals surface area contributed by atoms with Crippen LogP contribution in [0.2, 0.25) is 5.15 Å². The fourth-order valence-corrected chi connectivity index (χ4v) is 3.98. The van der Waals surface area contributed by atoms with Crippen LogP contribution in [0.3, 0.4) is 0 Å². The molecule has 0 amide bonds. The molecule has 0 atom stereocenters. The number of halogens is 2. The predicted octanol–water partition coefficient (Wildman–Crippen LogP) is 5.63. The van der Waals surface area contributed by atoms with Crippen molar-refractivity contribution in [2.75, 3.05) is 0 Å². The molecule has 0 saturated heterocycles. The standard InChI is InChI=1S/C16H18ClIN2S/c1-10-6-5-7-11(8-10)21-9-12-19-14(16(2,3)4)13(18)15(17)20-12/h5-8H,9H2,1-4H3. The molecule has 1 aromatic carbocycles. The van der Waals surface area contributed by atoms with Gasteiger partial charge in [0.2, 0.25) is 0 Å². The lowest BCUT2D eigenvalue weighted by atomic mass is 9.92. The summed E-state index contributed by atoms with van der Waals surface area (Å²) in [5.74, 6) is 1.51. The van der Waals surface area contributed by atoms with Gasteiger partial charge in [0.05, 0.1) is 15.0 Å². The zero-order chi connectivity index (χ0) is 15.6. The Bertz CT molecular complexity index is 653. The molecule has 0 aliphatic heterocycles. The van der Waals surface area contributed by atoms with E-state index in [1.165, 1.54) is 10.5 Å². The van der Waals surface area contributed by atoms with Crippen LogP contribution in [-0.4, -0.2) is 9.97 Å². The van der Waals surface area contributed by atoms with Gasteiger partial charge in [-0.25, -0.2) is 9.97 Å². The SMILES string of the molecule is Cc1cccc(SCc2nc(Cl)c(I)c(C(C)(C)C)n2)c1. The highest BCUT2D eigenvalue weighted by Crippen LogP contribution is 2.30. The largest absolute Gasteiger partial charge is 0.235 e. The first-order valence-electron chi connectivity index (χ1n) is 6.69. The highest BCUT2D eigenvalue weighted by atomic mass is 127. The maximum atomic E-state index is 6.26. The number of benzene rings is 1. The molecule has 0 aliphatic carbocycles. The zero-order valence-corrected chi connectivity index (χ0v) is 16.3. The number of aryl methyl sites for hydroxylation is 1. The number of nitrogens with zero attached hydrogens (tertiary/aromatic N) is 2. The molecule has 112 valence electrons. The van der Waals surface area contributed by atoms with Crippen molar-refractivity contribution in [2.45, 2.75) is 43.8 Å². The summed E-state index contributed by atoms with van der Waals surface area (Å²) < 4.78 is 0.950. The summed E-state index contributed by atoms with van der Waals surface area (Å²) in [7, 11) is 0. The molecule has 0 saturated carbocycles. The van der Waals surface area contributed by atoms with Gasteiger partial charge in [0.25, 0.3) is 0 Å². The Balaban J connectivity index is 2.23. The molecule has 0 aliphatic rings. The maximum Gasteiger partial charge on any atom is 0.146 e. The number of thioether (sulfide) groups is 1. The lowest BCUT2D eigenvalue weighted by Crippen LogP contribution is -2.18. The Hall–Kier alpha value is -0.330. The quantitative estimate of drug-likeness (QED) is 0.357. The van der Waals surface area contributed by atoms with E-state index in [4.69, 9.17) is 16.6 Å². The Morgan fingerprint density at radius 1 is 1.24 bits per heavy atom. The van der Waals surface area contributed by atoms with E-state index in [0.717, 1.165) is 20.8 Å². The van der Waals surface area contributed by atoms with Crippen molar-refractivity contribution >= 4 is 46.0 Å². The van der Waals surface area contributed by atoms with E-state index < -0.39 is 0 Å². The molecule has 0 unspecified atom stereocenters. The van der Waals surface area contributed by atoms with Crippen LogP contribution in [0.4, 0.5) is 0 Å². The predicted molar refractivity (Wildman–Crippen MR) is 99.2 cm³/mol. The molecule has 1 heterocycles. The van der Waals surface area contributed by atoms with Gasteiger partial charge >= 0.3 is 0 Å². The molecule has 2 rings (SSSR count). The number of rotatable bonds is 3. The number of hydrogen-bond donors (Lipinski definition) is 0. The van der Waals surface area contributed by atoms with Crippen molar-refractivity contribution < 1.29 is 0 Å². The lowest BCUT2D eigenvalue weighted by molar-refractivity contribution is 0.559. The summed E-state index contributed by atoms with van der Waals surface area (Å²) in [5, 5.41) is 0.551. The van der Waals surface area contributed by atoms with E-state index in [1.54, 1.807) is 11.8 Å². The third-order valence-electron chi connectivity index (χ3n) is 2.92. The summed E-state index contributed by atoms with van der Waals surface area (Å²) in [5.41, 5.74) is 2.24. The minimum atomic E-state index is -0.0359. The monoisotopic (exact) mass is 432 g/mol. The van der Waals surface area contributed by atoms with Gasteiger partial charge in [-0.3, -0.25) is 0 Å². The minimum Gasteiger partial charge on any atom is -0.235 e. The second-order valence-corrected chi connectivity index (χ2v) is 8.43. The first kappa shape index (κ1) is 17.0. The van der Waals surface area contributed by atoms with Gasteiger partial charge in [0.15, 0.2) is 0 Å². The smallest absolute Gasteiger partial charge is 0.146 e. The second kappa shape index (κ2) is 6.84. The molecular weight excluding hydrogens is 415 g/mol. The van der Waals surface area contributed by atoms with Crippen LogP contribution in [0.25, 0.3) is 0 Å². The first-order valence-corrected chi connectivity index (χ1v) is 9.13. The Kier molecular flexibility index (Phi) is 5.54. The molecule has 0 fully saturated rings. The molecule has 0 radical (unpaired) electrons. The van der Waals surface area contributed by atoms with Crippen LogP contribution in [0.1, 0.15) is 37.9 Å². The highest BCUT2D eigenvalue weighted by molar-refractivity contribution is 14.1. The van der Waals surface area contributed by atoms with Crippen LogP contribution in [0.5, 0.6) is 0 Å². The van der Waals surface area contributed by atoms with Crippen LogP contribution in [0, 0.1) is 10.5 Å². The van der Waals surface area contributed by atoms with Crippen molar-refractivity contribution in [3.05, 3.63) is 50.1 Å². The minimum absolute atomic E-state index is 0.0359. The fraction of sp³-hybridized carbons (Fsp3) is 0.375. The summed E-state index contributed by atoms with van der Waals surface area (Å²) >= 11 is 10.2. The van der Waals surface area contributed by atoms with E-state index in [9.17, 15) is 0 Å². The Morgan fingerprint density at radius 3 is 2.57 bits per heavy atom. The summed E-state index contributed by atoms with van der Waals surface area (Å²) in [6, 6.07) is 8.44. The van der Waals surface area contributed by atoms with Crippen LogP contribution >= 0.6 is 46.0 Å². The van der Waals surface area contributed by atoms with E-state index in [-0.39, 0.29) is 5.41 Å². The third kappa shape index (κ3) is 4.57. The van der Waals surface area contributed by atoms with E-state index in [0.29, 0.717) is 5.15 Å². The van der Waals surface area contributed by atoms with Gasteiger partial charge in [-0.15, -0.1) is 11.8 Å². The van der Waals surface area contributed by atoms with E-state index in [1.807, 2.05) is 0 Å². The molecule has 0 N–H and O–H groups in total. The van der Waals surface area contributed by atoms with Gasteiger partial charge in [-0.2, -0.15) is 0 Å². The van der Waals surface area contributed by atoms with Crippen molar-refractivity contribution in [1.29, 1.82) is 0 Å². The van der Waals surface area contributed by atoms with Crippen molar-refractivity contribution in [1.82, 2.24) is 9.97 Å². The van der Waals surface area contributed by atoms with E-state index in [2.05, 4.69) is 79.5 Å². The average molecular weight is 433 g/mol.